The highest BCUT2D eigenvalue weighted by Crippen LogP contribution is 2.24. The molecule has 0 radical (unpaired) electrons. The Balaban J connectivity index is 2.41. The van der Waals surface area contributed by atoms with E-state index in [1.807, 2.05) is 16.9 Å². The van der Waals surface area contributed by atoms with Crippen LogP contribution in [0.25, 0.3) is 10.2 Å². The molecule has 0 aromatic carbocycles. The van der Waals surface area contributed by atoms with Crippen molar-refractivity contribution in [3.8, 4) is 0 Å². The molecule has 2 rings (SSSR count). The first-order valence-electron chi connectivity index (χ1n) is 7.44. The van der Waals surface area contributed by atoms with Gasteiger partial charge in [0.2, 0.25) is 0 Å². The maximum absolute atomic E-state index is 12.7. The monoisotopic (exact) mass is 325 g/mol. The molecule has 2 heterocycles. The third kappa shape index (κ3) is 3.49. The van der Waals surface area contributed by atoms with Gasteiger partial charge in [0.25, 0.3) is 5.56 Å². The van der Waals surface area contributed by atoms with Crippen LogP contribution >= 0.6 is 23.1 Å². The van der Waals surface area contributed by atoms with Crippen LogP contribution in [0.1, 0.15) is 25.6 Å². The summed E-state index contributed by atoms with van der Waals surface area (Å²) in [5, 5.41) is 1.60. The number of fused-ring (bicyclic) bond motifs is 1. The zero-order valence-corrected chi connectivity index (χ0v) is 14.8. The second kappa shape index (κ2) is 7.42. The Morgan fingerprint density at radius 3 is 2.62 bits per heavy atom. The molecule has 0 fully saturated rings. The Labute approximate surface area is 134 Å². The van der Waals surface area contributed by atoms with Gasteiger partial charge in [-0.3, -0.25) is 9.36 Å². The molecule has 2 aromatic rings. The van der Waals surface area contributed by atoms with E-state index in [2.05, 4.69) is 30.7 Å². The third-order valence-electron chi connectivity index (χ3n) is 3.73. The first-order valence-corrected chi connectivity index (χ1v) is 9.48. The summed E-state index contributed by atoms with van der Waals surface area (Å²) < 4.78 is 1.83. The minimum Gasteiger partial charge on any atom is -0.302 e. The first-order chi connectivity index (χ1) is 10.1. The van der Waals surface area contributed by atoms with E-state index in [0.717, 1.165) is 41.4 Å². The topological polar surface area (TPSA) is 38.1 Å². The van der Waals surface area contributed by atoms with Crippen LogP contribution in [0.3, 0.4) is 0 Å². The quantitative estimate of drug-likeness (QED) is 0.579. The van der Waals surface area contributed by atoms with Crippen LogP contribution < -0.4 is 5.56 Å². The smallest absolute Gasteiger partial charge is 0.262 e. The summed E-state index contributed by atoms with van der Waals surface area (Å²) in [6.07, 6.45) is 2.93. The van der Waals surface area contributed by atoms with Crippen LogP contribution in [0.2, 0.25) is 0 Å². The molecule has 0 unspecified atom stereocenters. The van der Waals surface area contributed by atoms with Gasteiger partial charge in [0, 0.05) is 18.0 Å². The normalized spacial score (nSPS) is 11.7. The van der Waals surface area contributed by atoms with Crippen molar-refractivity contribution < 1.29 is 0 Å². The molecule has 21 heavy (non-hydrogen) atoms. The molecule has 0 bridgehead atoms. The van der Waals surface area contributed by atoms with E-state index >= 15 is 0 Å². The average Bonchev–Trinajstić information content (AvgIpc) is 2.93. The molecule has 0 saturated heterocycles. The highest BCUT2D eigenvalue weighted by molar-refractivity contribution is 7.98. The van der Waals surface area contributed by atoms with Gasteiger partial charge in [0.05, 0.1) is 5.39 Å². The fourth-order valence-corrected chi connectivity index (χ4v) is 3.95. The van der Waals surface area contributed by atoms with E-state index in [9.17, 15) is 4.79 Å². The molecular formula is C15H23N3OS2. The van der Waals surface area contributed by atoms with E-state index in [1.165, 1.54) is 4.88 Å². The van der Waals surface area contributed by atoms with Crippen molar-refractivity contribution in [1.82, 2.24) is 14.5 Å². The van der Waals surface area contributed by atoms with Crippen LogP contribution in [0, 0.1) is 0 Å². The molecule has 0 aliphatic heterocycles. The van der Waals surface area contributed by atoms with Crippen molar-refractivity contribution in [1.29, 1.82) is 0 Å². The third-order valence-corrected chi connectivity index (χ3v) is 5.58. The fourth-order valence-electron chi connectivity index (χ4n) is 2.36. The maximum atomic E-state index is 12.7. The number of hydrogen-bond donors (Lipinski definition) is 0. The zero-order valence-electron chi connectivity index (χ0n) is 13.2. The molecule has 4 nitrogen and oxygen atoms in total. The van der Waals surface area contributed by atoms with Crippen LogP contribution in [-0.4, -0.2) is 40.3 Å². The van der Waals surface area contributed by atoms with E-state index in [1.54, 1.807) is 23.1 Å². The number of nitrogens with zero attached hydrogens (tertiary/aromatic N) is 3. The number of thioether (sulfide) groups is 1. The number of hydrogen-bond acceptors (Lipinski definition) is 5. The van der Waals surface area contributed by atoms with Crippen LogP contribution in [0.5, 0.6) is 0 Å². The highest BCUT2D eigenvalue weighted by atomic mass is 32.2. The predicted octanol–water partition coefficient (Wildman–Crippen LogP) is 3.08. The Kier molecular flexibility index (Phi) is 5.84. The van der Waals surface area contributed by atoms with Crippen molar-refractivity contribution in [3.63, 3.8) is 0 Å². The summed E-state index contributed by atoms with van der Waals surface area (Å²) in [7, 11) is 0. The molecule has 0 saturated carbocycles. The second-order valence-corrected chi connectivity index (χ2v) is 6.76. The first kappa shape index (κ1) is 16.5. The Morgan fingerprint density at radius 1 is 1.33 bits per heavy atom. The Bertz CT molecular complexity index is 659. The van der Waals surface area contributed by atoms with Gasteiger partial charge in [0.1, 0.15) is 4.83 Å². The number of thiophene rings is 1. The molecule has 0 N–H and O–H groups in total. The molecule has 2 aromatic heterocycles. The van der Waals surface area contributed by atoms with Crippen LogP contribution in [0.4, 0.5) is 0 Å². The number of aromatic nitrogens is 2. The predicted molar refractivity (Wildman–Crippen MR) is 92.8 cm³/mol. The van der Waals surface area contributed by atoms with E-state index in [0.29, 0.717) is 6.54 Å². The Hall–Kier alpha value is -0.850. The average molecular weight is 326 g/mol. The summed E-state index contributed by atoms with van der Waals surface area (Å²) in [6, 6.07) is 2.01. The minimum absolute atomic E-state index is 0.104. The summed E-state index contributed by atoms with van der Waals surface area (Å²) >= 11 is 3.18. The van der Waals surface area contributed by atoms with E-state index in [-0.39, 0.29) is 5.56 Å². The SMILES string of the molecule is CCc1cc2c(=O)n(CCN(CC)CC)c(SC)nc2s1. The van der Waals surface area contributed by atoms with Gasteiger partial charge in [-0.15, -0.1) is 11.3 Å². The Morgan fingerprint density at radius 2 is 2.05 bits per heavy atom. The van der Waals surface area contributed by atoms with Crippen LogP contribution in [0.15, 0.2) is 16.0 Å². The summed E-state index contributed by atoms with van der Waals surface area (Å²) in [6.45, 7) is 10.0. The van der Waals surface area contributed by atoms with Gasteiger partial charge >= 0.3 is 0 Å². The molecule has 0 aliphatic carbocycles. The lowest BCUT2D eigenvalue weighted by Gasteiger charge is -2.19. The van der Waals surface area contributed by atoms with E-state index in [4.69, 9.17) is 0 Å². The standard InChI is InChI=1S/C15H23N3OS2/c1-5-11-10-12-13(21-11)16-15(20-4)18(14(12)19)9-8-17(6-2)7-3/h10H,5-9H2,1-4H3. The van der Waals surface area contributed by atoms with Gasteiger partial charge in [-0.25, -0.2) is 4.98 Å². The molecule has 6 heteroatoms. The molecular weight excluding hydrogens is 302 g/mol. The van der Waals surface area contributed by atoms with Crippen molar-refractivity contribution in [2.24, 2.45) is 0 Å². The fraction of sp³-hybridized carbons (Fsp3) is 0.600. The molecule has 0 amide bonds. The van der Waals surface area contributed by atoms with Gasteiger partial charge in [-0.2, -0.15) is 0 Å². The van der Waals surface area contributed by atoms with Crippen molar-refractivity contribution in [3.05, 3.63) is 21.3 Å². The summed E-state index contributed by atoms with van der Waals surface area (Å²) in [5.41, 5.74) is 0.104. The van der Waals surface area contributed by atoms with Gasteiger partial charge in [-0.05, 0) is 31.8 Å². The molecule has 0 aliphatic rings. The van der Waals surface area contributed by atoms with Gasteiger partial charge in [-0.1, -0.05) is 32.5 Å². The lowest BCUT2D eigenvalue weighted by molar-refractivity contribution is 0.284. The zero-order chi connectivity index (χ0) is 15.4. The molecule has 0 atom stereocenters. The minimum atomic E-state index is 0.104. The highest BCUT2D eigenvalue weighted by Gasteiger charge is 2.13. The lowest BCUT2D eigenvalue weighted by atomic mass is 10.3. The molecule has 116 valence electrons. The van der Waals surface area contributed by atoms with Crippen molar-refractivity contribution in [2.75, 3.05) is 25.9 Å². The lowest BCUT2D eigenvalue weighted by Crippen LogP contribution is -2.32. The number of likely N-dealkylation sites (N-methyl/N-ethyl adjacent to an activating group) is 1. The largest absolute Gasteiger partial charge is 0.302 e. The summed E-state index contributed by atoms with van der Waals surface area (Å²) in [4.78, 5) is 21.8. The van der Waals surface area contributed by atoms with Crippen molar-refractivity contribution >= 4 is 33.3 Å². The van der Waals surface area contributed by atoms with Crippen LogP contribution in [-0.2, 0) is 13.0 Å². The van der Waals surface area contributed by atoms with Crippen molar-refractivity contribution in [2.45, 2.75) is 38.9 Å². The van der Waals surface area contributed by atoms with Gasteiger partial charge in [0.15, 0.2) is 5.16 Å². The number of rotatable bonds is 7. The van der Waals surface area contributed by atoms with Gasteiger partial charge < -0.3 is 4.90 Å². The maximum Gasteiger partial charge on any atom is 0.262 e. The summed E-state index contributed by atoms with van der Waals surface area (Å²) in [5.74, 6) is 0. The molecule has 0 spiro atoms. The number of aryl methyl sites for hydroxylation is 1. The second-order valence-electron chi connectivity index (χ2n) is 4.87. The van der Waals surface area contributed by atoms with E-state index < -0.39 is 0 Å².